The molecule has 1 heterocycles. The number of nitrogens with zero attached hydrogens (tertiary/aromatic N) is 1. The van der Waals surface area contributed by atoms with Crippen LogP contribution in [0.15, 0.2) is 35.2 Å². The van der Waals surface area contributed by atoms with Gasteiger partial charge in [-0.25, -0.2) is 4.79 Å². The van der Waals surface area contributed by atoms with Crippen molar-refractivity contribution in [2.24, 2.45) is 0 Å². The quantitative estimate of drug-likeness (QED) is 0.850. The fourth-order valence-electron chi connectivity index (χ4n) is 2.68. The summed E-state index contributed by atoms with van der Waals surface area (Å²) in [7, 11) is 0. The van der Waals surface area contributed by atoms with E-state index < -0.39 is 11.5 Å². The van der Waals surface area contributed by atoms with E-state index in [1.54, 1.807) is 11.8 Å². The van der Waals surface area contributed by atoms with Crippen molar-refractivity contribution in [3.8, 4) is 0 Å². The summed E-state index contributed by atoms with van der Waals surface area (Å²) < 4.78 is 0. The molecule has 1 aliphatic rings. The van der Waals surface area contributed by atoms with Crippen molar-refractivity contribution < 1.29 is 14.7 Å². The number of benzene rings is 1. The molecular formula is C16H21NO3S. The molecule has 1 aliphatic heterocycles. The van der Waals surface area contributed by atoms with Crippen molar-refractivity contribution >= 4 is 23.6 Å². The zero-order valence-electron chi connectivity index (χ0n) is 12.4. The third-order valence-electron chi connectivity index (χ3n) is 4.04. The number of hydrogen-bond donors (Lipinski definition) is 1. The number of carboxylic acids is 1. The van der Waals surface area contributed by atoms with E-state index in [1.165, 1.54) is 11.8 Å². The first-order chi connectivity index (χ1) is 9.99. The first-order valence-corrected chi connectivity index (χ1v) is 8.13. The number of thioether (sulfide) groups is 1. The van der Waals surface area contributed by atoms with Crippen LogP contribution in [-0.2, 0) is 9.59 Å². The summed E-state index contributed by atoms with van der Waals surface area (Å²) in [4.78, 5) is 26.8. The van der Waals surface area contributed by atoms with Crippen LogP contribution >= 0.6 is 11.8 Å². The van der Waals surface area contributed by atoms with Crippen LogP contribution in [0.1, 0.15) is 33.1 Å². The lowest BCUT2D eigenvalue weighted by Gasteiger charge is -2.33. The largest absolute Gasteiger partial charge is 0.480 e. The van der Waals surface area contributed by atoms with E-state index in [4.69, 9.17) is 0 Å². The summed E-state index contributed by atoms with van der Waals surface area (Å²) in [5.41, 5.74) is -1.05. The smallest absolute Gasteiger partial charge is 0.329 e. The van der Waals surface area contributed by atoms with E-state index in [0.717, 1.165) is 11.3 Å². The maximum absolute atomic E-state index is 12.7. The normalized spacial score (nSPS) is 23.0. The summed E-state index contributed by atoms with van der Waals surface area (Å²) in [6.07, 6.45) is 1.96. The zero-order valence-corrected chi connectivity index (χ0v) is 13.2. The highest BCUT2D eigenvalue weighted by atomic mass is 32.2. The highest BCUT2D eigenvalue weighted by Crippen LogP contribution is 2.34. The molecule has 4 nitrogen and oxygen atoms in total. The van der Waals surface area contributed by atoms with Gasteiger partial charge in [0.15, 0.2) is 0 Å². The van der Waals surface area contributed by atoms with Crippen molar-refractivity contribution in [3.05, 3.63) is 30.3 Å². The Kier molecular flexibility index (Phi) is 4.93. The highest BCUT2D eigenvalue weighted by Gasteiger charge is 2.47. The number of carboxylic acid groups (broad SMARTS) is 1. The Hall–Kier alpha value is -1.49. The molecule has 1 saturated heterocycles. The molecular weight excluding hydrogens is 286 g/mol. The van der Waals surface area contributed by atoms with E-state index in [2.05, 4.69) is 0 Å². The monoisotopic (exact) mass is 307 g/mol. The van der Waals surface area contributed by atoms with Crippen molar-refractivity contribution in [1.82, 2.24) is 4.90 Å². The third-order valence-corrected chi connectivity index (χ3v) is 5.40. The first-order valence-electron chi connectivity index (χ1n) is 7.25. The molecule has 0 radical (unpaired) electrons. The van der Waals surface area contributed by atoms with Gasteiger partial charge in [-0.2, -0.15) is 0 Å². The molecule has 0 aliphatic carbocycles. The Bertz CT molecular complexity index is 520. The van der Waals surface area contributed by atoms with Gasteiger partial charge >= 0.3 is 5.97 Å². The zero-order chi connectivity index (χ0) is 15.5. The molecule has 1 amide bonds. The van der Waals surface area contributed by atoms with Gasteiger partial charge in [-0.1, -0.05) is 25.1 Å². The Labute approximate surface area is 129 Å². The molecule has 2 rings (SSSR count). The fraction of sp³-hybridized carbons (Fsp3) is 0.500. The average Bonchev–Trinajstić information content (AvgIpc) is 2.88. The number of carbonyl (C=O) groups excluding carboxylic acids is 1. The van der Waals surface area contributed by atoms with Crippen LogP contribution in [0.5, 0.6) is 0 Å². The molecule has 1 aromatic rings. The summed E-state index contributed by atoms with van der Waals surface area (Å²) in [6.45, 7) is 4.15. The Morgan fingerprint density at radius 2 is 2.05 bits per heavy atom. The van der Waals surface area contributed by atoms with E-state index >= 15 is 0 Å². The van der Waals surface area contributed by atoms with Gasteiger partial charge in [0.2, 0.25) is 5.91 Å². The second-order valence-electron chi connectivity index (χ2n) is 5.50. The first kappa shape index (κ1) is 15.9. The Morgan fingerprint density at radius 3 is 2.62 bits per heavy atom. The summed E-state index contributed by atoms with van der Waals surface area (Å²) in [6, 6.07) is 9.77. The molecule has 0 aromatic heterocycles. The summed E-state index contributed by atoms with van der Waals surface area (Å²) in [5.74, 6) is -0.971. The second kappa shape index (κ2) is 6.52. The van der Waals surface area contributed by atoms with Gasteiger partial charge in [-0.05, 0) is 38.3 Å². The molecule has 21 heavy (non-hydrogen) atoms. The average molecular weight is 307 g/mol. The van der Waals surface area contributed by atoms with Crippen molar-refractivity contribution in [2.45, 2.75) is 48.8 Å². The van der Waals surface area contributed by atoms with Crippen LogP contribution in [-0.4, -0.2) is 39.2 Å². The van der Waals surface area contributed by atoms with Gasteiger partial charge in [0.25, 0.3) is 0 Å². The molecule has 2 atom stereocenters. The number of aliphatic carboxylic acids is 1. The minimum atomic E-state index is -1.05. The predicted octanol–water partition coefficient (Wildman–Crippen LogP) is 3.02. The van der Waals surface area contributed by atoms with Crippen molar-refractivity contribution in [1.29, 1.82) is 0 Å². The Balaban J connectivity index is 2.15. The minimum absolute atomic E-state index is 0.0613. The minimum Gasteiger partial charge on any atom is -0.480 e. The lowest BCUT2D eigenvalue weighted by Crippen LogP contribution is -2.53. The number of carbonyl (C=O) groups is 2. The molecule has 1 aromatic carbocycles. The highest BCUT2D eigenvalue weighted by molar-refractivity contribution is 8.00. The van der Waals surface area contributed by atoms with Crippen LogP contribution in [0.25, 0.3) is 0 Å². The lowest BCUT2D eigenvalue weighted by molar-refractivity contribution is -0.155. The summed E-state index contributed by atoms with van der Waals surface area (Å²) >= 11 is 1.51. The molecule has 5 heteroatoms. The van der Waals surface area contributed by atoms with Crippen molar-refractivity contribution in [3.63, 3.8) is 0 Å². The van der Waals surface area contributed by atoms with Crippen LogP contribution in [0, 0.1) is 0 Å². The van der Waals surface area contributed by atoms with Crippen LogP contribution in [0.2, 0.25) is 0 Å². The maximum atomic E-state index is 12.7. The molecule has 0 spiro atoms. The van der Waals surface area contributed by atoms with Gasteiger partial charge < -0.3 is 10.0 Å². The van der Waals surface area contributed by atoms with E-state index in [9.17, 15) is 14.7 Å². The second-order valence-corrected chi connectivity index (χ2v) is 6.78. The number of likely N-dealkylation sites (tertiary alicyclic amines) is 1. The van der Waals surface area contributed by atoms with Gasteiger partial charge in [0.1, 0.15) is 5.54 Å². The third kappa shape index (κ3) is 3.23. The molecule has 2 unspecified atom stereocenters. The predicted molar refractivity (Wildman–Crippen MR) is 83.4 cm³/mol. The summed E-state index contributed by atoms with van der Waals surface area (Å²) in [5, 5.41) is 9.20. The van der Waals surface area contributed by atoms with Crippen LogP contribution in [0.3, 0.4) is 0 Å². The van der Waals surface area contributed by atoms with Crippen molar-refractivity contribution in [2.75, 3.05) is 6.54 Å². The Morgan fingerprint density at radius 1 is 1.38 bits per heavy atom. The SMILES string of the molecule is CCC(Sc1ccccc1)C(=O)N1CCCC1(C)C(=O)O. The van der Waals surface area contributed by atoms with E-state index in [1.807, 2.05) is 37.3 Å². The van der Waals surface area contributed by atoms with E-state index in [0.29, 0.717) is 19.4 Å². The molecule has 0 saturated carbocycles. The molecule has 0 bridgehead atoms. The molecule has 1 fully saturated rings. The van der Waals surface area contributed by atoms with Gasteiger partial charge in [-0.15, -0.1) is 11.8 Å². The van der Waals surface area contributed by atoms with Crippen LogP contribution < -0.4 is 0 Å². The van der Waals surface area contributed by atoms with Gasteiger partial charge in [-0.3, -0.25) is 4.79 Å². The maximum Gasteiger partial charge on any atom is 0.329 e. The fourth-order valence-corrected chi connectivity index (χ4v) is 3.72. The van der Waals surface area contributed by atoms with Crippen LogP contribution in [0.4, 0.5) is 0 Å². The lowest BCUT2D eigenvalue weighted by atomic mass is 9.99. The standard InChI is InChI=1S/C16H21NO3S/c1-3-13(21-12-8-5-4-6-9-12)14(18)17-11-7-10-16(17,2)15(19)20/h4-6,8-9,13H,3,7,10-11H2,1-2H3,(H,19,20). The number of rotatable bonds is 5. The van der Waals surface area contributed by atoms with Gasteiger partial charge in [0.05, 0.1) is 5.25 Å². The molecule has 1 N–H and O–H groups in total. The number of amides is 1. The van der Waals surface area contributed by atoms with E-state index in [-0.39, 0.29) is 11.2 Å². The topological polar surface area (TPSA) is 57.6 Å². The van der Waals surface area contributed by atoms with Gasteiger partial charge in [0, 0.05) is 11.4 Å². The number of hydrogen-bond acceptors (Lipinski definition) is 3. The molecule has 114 valence electrons.